The van der Waals surface area contributed by atoms with Gasteiger partial charge in [-0.3, -0.25) is 0 Å². The van der Waals surface area contributed by atoms with E-state index in [2.05, 4.69) is 4.72 Å². The van der Waals surface area contributed by atoms with Crippen molar-refractivity contribution in [2.75, 3.05) is 5.73 Å². The Morgan fingerprint density at radius 1 is 1.31 bits per heavy atom. The molecule has 1 saturated carbocycles. The maximum absolute atomic E-state index is 11.6. The Hall–Kier alpha value is -0.870. The van der Waals surface area contributed by atoms with Crippen LogP contribution >= 0.6 is 0 Å². The second-order valence-electron chi connectivity index (χ2n) is 3.23. The van der Waals surface area contributed by atoms with Crippen LogP contribution in [0.1, 0.15) is 12.8 Å². The molecule has 0 amide bonds. The fourth-order valence-electron chi connectivity index (χ4n) is 1.01. The molecule has 0 radical (unpaired) electrons. The summed E-state index contributed by atoms with van der Waals surface area (Å²) in [5.41, 5.74) is 6.22. The van der Waals surface area contributed by atoms with Gasteiger partial charge in [0, 0.05) is 11.7 Å². The van der Waals surface area contributed by atoms with Gasteiger partial charge >= 0.3 is 0 Å². The zero-order valence-corrected chi connectivity index (χ0v) is 8.01. The summed E-state index contributed by atoms with van der Waals surface area (Å²) >= 11 is 0. The van der Waals surface area contributed by atoms with Crippen molar-refractivity contribution in [3.8, 4) is 0 Å². The molecule has 1 unspecified atom stereocenters. The lowest BCUT2D eigenvalue weighted by atomic mass is 10.3. The molecule has 0 aromatic heterocycles. The van der Waals surface area contributed by atoms with Crippen molar-refractivity contribution in [1.82, 2.24) is 4.72 Å². The predicted molar refractivity (Wildman–Crippen MR) is 53.4 cm³/mol. The first-order chi connectivity index (χ1) is 6.25. The van der Waals surface area contributed by atoms with Crippen molar-refractivity contribution in [3.63, 3.8) is 0 Å². The van der Waals surface area contributed by atoms with Gasteiger partial charge in [0.25, 0.3) is 0 Å². The summed E-state index contributed by atoms with van der Waals surface area (Å²) in [6.07, 6.45) is 2.28. The first-order valence-electron chi connectivity index (χ1n) is 4.29. The number of nitrogen functional groups attached to an aromatic ring is 1. The van der Waals surface area contributed by atoms with Gasteiger partial charge in [0.2, 0.25) is 0 Å². The molecule has 1 aliphatic carbocycles. The van der Waals surface area contributed by atoms with E-state index in [1.807, 2.05) is 0 Å². The molecule has 1 aliphatic rings. The lowest BCUT2D eigenvalue weighted by molar-refractivity contribution is 0.671. The third-order valence-corrected chi connectivity index (χ3v) is 3.19. The van der Waals surface area contributed by atoms with Crippen molar-refractivity contribution in [2.24, 2.45) is 0 Å². The van der Waals surface area contributed by atoms with E-state index in [0.717, 1.165) is 17.7 Å². The molecule has 4 heteroatoms. The van der Waals surface area contributed by atoms with Crippen LogP contribution < -0.4 is 10.5 Å². The Bertz CT molecular complexity index is 319. The first-order valence-corrected chi connectivity index (χ1v) is 5.44. The SMILES string of the molecule is Nc1ccc(S(=O)NC2CC2)cc1. The van der Waals surface area contributed by atoms with Crippen LogP contribution in [0.25, 0.3) is 0 Å². The molecule has 70 valence electrons. The van der Waals surface area contributed by atoms with Crippen LogP contribution in [0.4, 0.5) is 5.69 Å². The number of nitrogens with one attached hydrogen (secondary N) is 1. The maximum Gasteiger partial charge on any atom is 0.125 e. The van der Waals surface area contributed by atoms with Gasteiger partial charge in [-0.15, -0.1) is 0 Å². The number of hydrogen-bond acceptors (Lipinski definition) is 2. The molecule has 0 spiro atoms. The number of nitrogens with two attached hydrogens (primary N) is 1. The molecule has 0 heterocycles. The minimum absolute atomic E-state index is 0.457. The zero-order valence-electron chi connectivity index (χ0n) is 7.19. The van der Waals surface area contributed by atoms with Gasteiger partial charge in [-0.05, 0) is 37.1 Å². The maximum atomic E-state index is 11.6. The van der Waals surface area contributed by atoms with E-state index in [1.165, 1.54) is 0 Å². The molecule has 3 N–H and O–H groups in total. The van der Waals surface area contributed by atoms with Gasteiger partial charge in [0.05, 0.1) is 4.90 Å². The Kier molecular flexibility index (Phi) is 2.33. The minimum atomic E-state index is -1.06. The van der Waals surface area contributed by atoms with E-state index in [-0.39, 0.29) is 0 Å². The molecule has 13 heavy (non-hydrogen) atoms. The van der Waals surface area contributed by atoms with Gasteiger partial charge < -0.3 is 5.73 Å². The van der Waals surface area contributed by atoms with Gasteiger partial charge in [0.15, 0.2) is 0 Å². The Morgan fingerprint density at radius 2 is 1.92 bits per heavy atom. The third kappa shape index (κ3) is 2.29. The summed E-state index contributed by atoms with van der Waals surface area (Å²) in [5.74, 6) is 0. The van der Waals surface area contributed by atoms with Crippen LogP contribution in [0.2, 0.25) is 0 Å². The van der Waals surface area contributed by atoms with Crippen LogP contribution in [0.15, 0.2) is 29.2 Å². The smallest absolute Gasteiger partial charge is 0.125 e. The predicted octanol–water partition coefficient (Wildman–Crippen LogP) is 1.04. The fraction of sp³-hybridized carbons (Fsp3) is 0.333. The van der Waals surface area contributed by atoms with Crippen LogP contribution in [0.5, 0.6) is 0 Å². The van der Waals surface area contributed by atoms with Crippen molar-refractivity contribution in [1.29, 1.82) is 0 Å². The van der Waals surface area contributed by atoms with Crippen LogP contribution in [0, 0.1) is 0 Å². The number of rotatable bonds is 3. The first kappa shape index (κ1) is 8.72. The molecule has 1 fully saturated rings. The summed E-state index contributed by atoms with van der Waals surface area (Å²) in [7, 11) is -1.06. The van der Waals surface area contributed by atoms with E-state index in [0.29, 0.717) is 11.7 Å². The number of anilines is 1. The summed E-state index contributed by atoms with van der Waals surface area (Å²) in [5, 5.41) is 0. The highest BCUT2D eigenvalue weighted by Crippen LogP contribution is 2.20. The number of hydrogen-bond donors (Lipinski definition) is 2. The molecule has 0 bridgehead atoms. The summed E-state index contributed by atoms with van der Waals surface area (Å²) in [4.78, 5) is 0.793. The van der Waals surface area contributed by atoms with Crippen LogP contribution in [-0.2, 0) is 11.0 Å². The molecule has 1 aromatic rings. The average Bonchev–Trinajstić information content (AvgIpc) is 2.89. The van der Waals surface area contributed by atoms with Crippen molar-refractivity contribution >= 4 is 16.7 Å². The van der Waals surface area contributed by atoms with Crippen molar-refractivity contribution in [2.45, 2.75) is 23.8 Å². The van der Waals surface area contributed by atoms with Gasteiger partial charge in [-0.1, -0.05) is 0 Å². The molecular formula is C9H12N2OS. The molecule has 1 aromatic carbocycles. The van der Waals surface area contributed by atoms with E-state index in [9.17, 15) is 4.21 Å². The average molecular weight is 196 g/mol. The monoisotopic (exact) mass is 196 g/mol. The zero-order chi connectivity index (χ0) is 9.26. The molecule has 1 atom stereocenters. The van der Waals surface area contributed by atoms with E-state index >= 15 is 0 Å². The van der Waals surface area contributed by atoms with Crippen molar-refractivity contribution < 1.29 is 4.21 Å². The standard InChI is InChI=1S/C9H12N2OS/c10-7-1-5-9(6-2-7)13(12)11-8-3-4-8/h1-2,5-6,8,11H,3-4,10H2. The second-order valence-corrected chi connectivity index (χ2v) is 4.47. The lowest BCUT2D eigenvalue weighted by Gasteiger charge is -2.02. The van der Waals surface area contributed by atoms with Crippen molar-refractivity contribution in [3.05, 3.63) is 24.3 Å². The van der Waals surface area contributed by atoms with E-state index in [4.69, 9.17) is 5.73 Å². The largest absolute Gasteiger partial charge is 0.399 e. The molecule has 0 saturated heterocycles. The topological polar surface area (TPSA) is 55.1 Å². The highest BCUT2D eigenvalue weighted by atomic mass is 32.2. The molecular weight excluding hydrogens is 184 g/mol. The van der Waals surface area contributed by atoms with E-state index in [1.54, 1.807) is 24.3 Å². The fourth-order valence-corrected chi connectivity index (χ4v) is 2.07. The Balaban J connectivity index is 2.05. The van der Waals surface area contributed by atoms with E-state index < -0.39 is 11.0 Å². The third-order valence-electron chi connectivity index (χ3n) is 1.95. The summed E-state index contributed by atoms with van der Waals surface area (Å²) in [6.45, 7) is 0. The van der Waals surface area contributed by atoms with Crippen LogP contribution in [0.3, 0.4) is 0 Å². The highest BCUT2D eigenvalue weighted by molar-refractivity contribution is 7.83. The second kappa shape index (κ2) is 3.47. The number of benzene rings is 1. The Labute approximate surface area is 79.9 Å². The lowest BCUT2D eigenvalue weighted by Crippen LogP contribution is -2.19. The Morgan fingerprint density at radius 3 is 2.46 bits per heavy atom. The normalized spacial score (nSPS) is 18.5. The minimum Gasteiger partial charge on any atom is -0.399 e. The quantitative estimate of drug-likeness (QED) is 0.710. The molecule has 0 aliphatic heterocycles. The molecule has 2 rings (SSSR count). The molecule has 3 nitrogen and oxygen atoms in total. The van der Waals surface area contributed by atoms with Gasteiger partial charge in [-0.25, -0.2) is 8.93 Å². The summed E-state index contributed by atoms with van der Waals surface area (Å²) < 4.78 is 14.6. The van der Waals surface area contributed by atoms with Gasteiger partial charge in [0.1, 0.15) is 11.0 Å². The van der Waals surface area contributed by atoms with Crippen LogP contribution in [-0.4, -0.2) is 10.3 Å². The van der Waals surface area contributed by atoms with Gasteiger partial charge in [-0.2, -0.15) is 0 Å². The highest BCUT2D eigenvalue weighted by Gasteiger charge is 2.23. The summed E-state index contributed by atoms with van der Waals surface area (Å²) in [6, 6.07) is 7.57.